The van der Waals surface area contributed by atoms with Crippen LogP contribution in [0.2, 0.25) is 5.02 Å². The minimum atomic E-state index is -0.832. The maximum atomic E-state index is 14.5. The predicted molar refractivity (Wildman–Crippen MR) is 108 cm³/mol. The highest BCUT2D eigenvalue weighted by Gasteiger charge is 2.57. The van der Waals surface area contributed by atoms with Crippen molar-refractivity contribution >= 4 is 29.9 Å². The molecule has 4 rings (SSSR count). The van der Waals surface area contributed by atoms with Gasteiger partial charge in [-0.15, -0.1) is 12.4 Å². The van der Waals surface area contributed by atoms with E-state index < -0.39 is 17.7 Å². The molecule has 1 amide bonds. The van der Waals surface area contributed by atoms with Crippen molar-refractivity contribution in [2.24, 2.45) is 11.3 Å². The average Bonchev–Trinajstić information content (AvgIpc) is 3.36. The van der Waals surface area contributed by atoms with Crippen molar-refractivity contribution in [1.82, 2.24) is 10.6 Å². The van der Waals surface area contributed by atoms with Crippen molar-refractivity contribution < 1.29 is 13.6 Å². The molecule has 1 spiro atoms. The number of carbonyl (C=O) groups is 1. The van der Waals surface area contributed by atoms with Gasteiger partial charge in [0.2, 0.25) is 5.91 Å². The van der Waals surface area contributed by atoms with Gasteiger partial charge in [0.05, 0.1) is 6.04 Å². The van der Waals surface area contributed by atoms with E-state index in [2.05, 4.69) is 10.6 Å². The molecular formula is C21H22Cl2F2N2O. The highest BCUT2D eigenvalue weighted by atomic mass is 35.5. The Hall–Kier alpha value is -1.69. The molecule has 1 saturated heterocycles. The summed E-state index contributed by atoms with van der Waals surface area (Å²) < 4.78 is 28.3. The van der Waals surface area contributed by atoms with E-state index in [9.17, 15) is 13.6 Å². The molecular weight excluding hydrogens is 405 g/mol. The van der Waals surface area contributed by atoms with Crippen LogP contribution in [0, 0.1) is 23.0 Å². The van der Waals surface area contributed by atoms with Crippen LogP contribution in [0.15, 0.2) is 42.5 Å². The predicted octanol–water partition coefficient (Wildman–Crippen LogP) is 4.64. The zero-order chi connectivity index (χ0) is 19.0. The number of rotatable bonds is 4. The molecule has 2 aliphatic rings. The number of nitrogens with one attached hydrogen (secondary N) is 2. The van der Waals surface area contributed by atoms with E-state index in [1.807, 2.05) is 0 Å². The molecule has 1 heterocycles. The fraction of sp³-hybridized carbons (Fsp3) is 0.381. The summed E-state index contributed by atoms with van der Waals surface area (Å²) in [7, 11) is 0. The summed E-state index contributed by atoms with van der Waals surface area (Å²) in [5.41, 5.74) is 0.689. The molecule has 0 aromatic heterocycles. The Kier molecular flexibility index (Phi) is 6.28. The van der Waals surface area contributed by atoms with Crippen molar-refractivity contribution in [2.45, 2.75) is 25.3 Å². The quantitative estimate of drug-likeness (QED) is 0.747. The van der Waals surface area contributed by atoms with Gasteiger partial charge < -0.3 is 10.6 Å². The number of carbonyl (C=O) groups excluding carboxylic acids is 1. The number of hydrogen-bond acceptors (Lipinski definition) is 2. The zero-order valence-electron chi connectivity index (χ0n) is 15.2. The van der Waals surface area contributed by atoms with E-state index in [-0.39, 0.29) is 35.2 Å². The minimum absolute atomic E-state index is 0. The first-order valence-corrected chi connectivity index (χ1v) is 9.58. The third kappa shape index (κ3) is 4.02. The lowest BCUT2D eigenvalue weighted by atomic mass is 9.91. The van der Waals surface area contributed by atoms with Gasteiger partial charge in [-0.2, -0.15) is 0 Å². The molecule has 1 aliphatic heterocycles. The Morgan fingerprint density at radius 2 is 1.86 bits per heavy atom. The molecule has 2 unspecified atom stereocenters. The van der Waals surface area contributed by atoms with Crippen molar-refractivity contribution in [3.63, 3.8) is 0 Å². The standard InChI is InChI=1S/C21H21ClF2N2O.ClH/c22-17-4-2-1-3-14(17)19(15-11-13(23)5-6-18(15)24)26-20(27)16-12-21(16)7-9-25-10-8-21;/h1-6,11,16,19,25H,7-10,12H2,(H,26,27);1H. The highest BCUT2D eigenvalue weighted by molar-refractivity contribution is 6.31. The average molecular weight is 427 g/mol. The van der Waals surface area contributed by atoms with Gasteiger partial charge in [-0.25, -0.2) is 8.78 Å². The van der Waals surface area contributed by atoms with E-state index >= 15 is 0 Å². The molecule has 2 atom stereocenters. The van der Waals surface area contributed by atoms with E-state index in [0.29, 0.717) is 10.6 Å². The van der Waals surface area contributed by atoms with Crippen LogP contribution in [0.5, 0.6) is 0 Å². The molecule has 0 bridgehead atoms. The van der Waals surface area contributed by atoms with Gasteiger partial charge in [0.25, 0.3) is 0 Å². The van der Waals surface area contributed by atoms with Crippen LogP contribution < -0.4 is 10.6 Å². The van der Waals surface area contributed by atoms with Crippen molar-refractivity contribution in [3.05, 3.63) is 70.2 Å². The summed E-state index contributed by atoms with van der Waals surface area (Å²) in [5.74, 6) is -1.33. The Morgan fingerprint density at radius 1 is 1.14 bits per heavy atom. The topological polar surface area (TPSA) is 41.1 Å². The van der Waals surface area contributed by atoms with Gasteiger partial charge >= 0.3 is 0 Å². The molecule has 150 valence electrons. The number of piperidine rings is 1. The first-order chi connectivity index (χ1) is 13.0. The number of hydrogen-bond donors (Lipinski definition) is 2. The lowest BCUT2D eigenvalue weighted by molar-refractivity contribution is -0.123. The summed E-state index contributed by atoms with van der Waals surface area (Å²) in [6.07, 6.45) is 2.79. The van der Waals surface area contributed by atoms with Crippen LogP contribution in [0.1, 0.15) is 36.4 Å². The summed E-state index contributed by atoms with van der Waals surface area (Å²) in [6.45, 7) is 1.83. The van der Waals surface area contributed by atoms with Crippen molar-refractivity contribution in [2.75, 3.05) is 13.1 Å². The van der Waals surface area contributed by atoms with Gasteiger partial charge in [-0.1, -0.05) is 29.8 Å². The van der Waals surface area contributed by atoms with Crippen LogP contribution in [0.25, 0.3) is 0 Å². The maximum Gasteiger partial charge on any atom is 0.224 e. The van der Waals surface area contributed by atoms with Crippen LogP contribution in [0.4, 0.5) is 8.78 Å². The molecule has 28 heavy (non-hydrogen) atoms. The van der Waals surface area contributed by atoms with E-state index in [0.717, 1.165) is 50.6 Å². The number of halogens is 4. The fourth-order valence-electron chi connectivity index (χ4n) is 4.21. The molecule has 2 aromatic rings. The van der Waals surface area contributed by atoms with E-state index in [4.69, 9.17) is 11.6 Å². The Balaban J connectivity index is 0.00000225. The highest BCUT2D eigenvalue weighted by Crippen LogP contribution is 2.58. The summed E-state index contributed by atoms with van der Waals surface area (Å²) in [6, 6.07) is 9.36. The van der Waals surface area contributed by atoms with Crippen LogP contribution in [-0.4, -0.2) is 19.0 Å². The second kappa shape index (κ2) is 8.36. The maximum absolute atomic E-state index is 14.5. The smallest absolute Gasteiger partial charge is 0.224 e. The third-order valence-corrected chi connectivity index (χ3v) is 6.22. The van der Waals surface area contributed by atoms with E-state index in [1.54, 1.807) is 24.3 Å². The third-order valence-electron chi connectivity index (χ3n) is 5.88. The molecule has 7 heteroatoms. The van der Waals surface area contributed by atoms with Gasteiger partial charge in [-0.3, -0.25) is 4.79 Å². The molecule has 2 aromatic carbocycles. The second-order valence-corrected chi connectivity index (χ2v) is 7.91. The molecule has 2 fully saturated rings. The van der Waals surface area contributed by atoms with Crippen molar-refractivity contribution in [1.29, 1.82) is 0 Å². The first-order valence-electron chi connectivity index (χ1n) is 9.21. The molecule has 1 saturated carbocycles. The van der Waals surface area contributed by atoms with Gasteiger partial charge in [0.15, 0.2) is 0 Å². The number of benzene rings is 2. The Morgan fingerprint density at radius 3 is 2.57 bits per heavy atom. The first kappa shape index (κ1) is 21.0. The van der Waals surface area contributed by atoms with E-state index in [1.165, 1.54) is 0 Å². The SMILES string of the molecule is Cl.O=C(NC(c1cc(F)ccc1F)c1ccccc1Cl)C1CC12CCNCC2. The summed E-state index contributed by atoms with van der Waals surface area (Å²) in [4.78, 5) is 13.0. The second-order valence-electron chi connectivity index (χ2n) is 7.50. The van der Waals surface area contributed by atoms with Gasteiger partial charge in [0, 0.05) is 16.5 Å². The Labute approximate surface area is 174 Å². The lowest BCUT2D eigenvalue weighted by Gasteiger charge is -2.25. The normalized spacial score (nSPS) is 20.9. The molecule has 3 nitrogen and oxygen atoms in total. The number of amides is 1. The fourth-order valence-corrected chi connectivity index (χ4v) is 4.45. The lowest BCUT2D eigenvalue weighted by Crippen LogP contribution is -2.36. The largest absolute Gasteiger partial charge is 0.345 e. The summed E-state index contributed by atoms with van der Waals surface area (Å²) in [5, 5.41) is 6.66. The molecule has 1 aliphatic carbocycles. The van der Waals surface area contributed by atoms with Crippen LogP contribution in [-0.2, 0) is 4.79 Å². The van der Waals surface area contributed by atoms with Crippen LogP contribution >= 0.6 is 24.0 Å². The van der Waals surface area contributed by atoms with Crippen LogP contribution in [0.3, 0.4) is 0 Å². The Bertz CT molecular complexity index is 871. The van der Waals surface area contributed by atoms with Crippen molar-refractivity contribution in [3.8, 4) is 0 Å². The summed E-state index contributed by atoms with van der Waals surface area (Å²) >= 11 is 6.31. The molecule has 2 N–H and O–H groups in total. The monoisotopic (exact) mass is 426 g/mol. The minimum Gasteiger partial charge on any atom is -0.345 e. The zero-order valence-corrected chi connectivity index (χ0v) is 16.8. The molecule has 0 radical (unpaired) electrons. The van der Waals surface area contributed by atoms with Gasteiger partial charge in [-0.05, 0) is 67.6 Å². The van der Waals surface area contributed by atoms with Gasteiger partial charge in [0.1, 0.15) is 11.6 Å².